The van der Waals surface area contributed by atoms with Crippen LogP contribution in [0.3, 0.4) is 0 Å². The number of carbonyl (C=O) groups is 1. The van der Waals surface area contributed by atoms with E-state index in [-0.39, 0.29) is 12.5 Å². The molecule has 2 aromatic carbocycles. The first-order valence-electron chi connectivity index (χ1n) is 7.57. The van der Waals surface area contributed by atoms with E-state index in [1.165, 1.54) is 5.56 Å². The molecule has 1 amide bonds. The van der Waals surface area contributed by atoms with Gasteiger partial charge in [0.15, 0.2) is 0 Å². The maximum atomic E-state index is 12.0. The lowest BCUT2D eigenvalue weighted by molar-refractivity contribution is 0.0916. The lowest BCUT2D eigenvalue weighted by atomic mass is 10.00. The van der Waals surface area contributed by atoms with E-state index in [2.05, 4.69) is 19.2 Å². The number of carbonyl (C=O) groups excluding carboxylic acids is 1. The SMILES string of the molecule is CC(C)c1ccc(C(O)CNC(=O)c2ccc(C#N)cc2)cc1. The second kappa shape index (κ2) is 7.57. The summed E-state index contributed by atoms with van der Waals surface area (Å²) < 4.78 is 0. The van der Waals surface area contributed by atoms with E-state index >= 15 is 0 Å². The van der Waals surface area contributed by atoms with Crippen LogP contribution in [0.1, 0.15) is 52.9 Å². The molecule has 0 saturated carbocycles. The number of hydrogen-bond acceptors (Lipinski definition) is 3. The Morgan fingerprint density at radius 2 is 1.65 bits per heavy atom. The maximum Gasteiger partial charge on any atom is 0.251 e. The molecule has 0 fully saturated rings. The summed E-state index contributed by atoms with van der Waals surface area (Å²) in [5.41, 5.74) is 2.95. The number of aliphatic hydroxyl groups is 1. The summed E-state index contributed by atoms with van der Waals surface area (Å²) in [5.74, 6) is 0.171. The molecule has 0 radical (unpaired) electrons. The van der Waals surface area contributed by atoms with Gasteiger partial charge < -0.3 is 10.4 Å². The van der Waals surface area contributed by atoms with Gasteiger partial charge in [0.25, 0.3) is 5.91 Å². The van der Waals surface area contributed by atoms with Gasteiger partial charge in [-0.2, -0.15) is 5.26 Å². The summed E-state index contributed by atoms with van der Waals surface area (Å²) in [6, 6.07) is 16.1. The minimum atomic E-state index is -0.751. The van der Waals surface area contributed by atoms with Crippen molar-refractivity contribution in [3.63, 3.8) is 0 Å². The smallest absolute Gasteiger partial charge is 0.251 e. The molecule has 0 aromatic heterocycles. The largest absolute Gasteiger partial charge is 0.387 e. The van der Waals surface area contributed by atoms with E-state index < -0.39 is 6.10 Å². The first-order chi connectivity index (χ1) is 11.0. The quantitative estimate of drug-likeness (QED) is 0.891. The predicted octanol–water partition coefficient (Wildman–Crippen LogP) is 3.15. The molecular weight excluding hydrogens is 288 g/mol. The highest BCUT2D eigenvalue weighted by Gasteiger charge is 2.11. The van der Waals surface area contributed by atoms with Crippen molar-refractivity contribution in [2.75, 3.05) is 6.54 Å². The summed E-state index contributed by atoms with van der Waals surface area (Å²) in [6.45, 7) is 4.37. The van der Waals surface area contributed by atoms with E-state index in [9.17, 15) is 9.90 Å². The minimum Gasteiger partial charge on any atom is -0.387 e. The van der Waals surface area contributed by atoms with E-state index in [1.54, 1.807) is 24.3 Å². The summed E-state index contributed by atoms with van der Waals surface area (Å²) >= 11 is 0. The van der Waals surface area contributed by atoms with E-state index in [4.69, 9.17) is 5.26 Å². The van der Waals surface area contributed by atoms with Gasteiger partial charge in [-0.05, 0) is 41.3 Å². The van der Waals surface area contributed by atoms with Gasteiger partial charge in [-0.3, -0.25) is 4.79 Å². The molecule has 2 N–H and O–H groups in total. The van der Waals surface area contributed by atoms with Crippen molar-refractivity contribution in [1.82, 2.24) is 5.32 Å². The Labute approximate surface area is 136 Å². The third kappa shape index (κ3) is 4.41. The van der Waals surface area contributed by atoms with Crippen LogP contribution in [0.5, 0.6) is 0 Å². The van der Waals surface area contributed by atoms with Crippen LogP contribution < -0.4 is 5.32 Å². The summed E-state index contributed by atoms with van der Waals surface area (Å²) in [6.07, 6.45) is -0.751. The minimum absolute atomic E-state index is 0.139. The summed E-state index contributed by atoms with van der Waals surface area (Å²) in [4.78, 5) is 12.0. The number of rotatable bonds is 5. The van der Waals surface area contributed by atoms with Crippen LogP contribution in [-0.4, -0.2) is 17.6 Å². The van der Waals surface area contributed by atoms with Crippen molar-refractivity contribution >= 4 is 5.91 Å². The van der Waals surface area contributed by atoms with E-state index in [0.717, 1.165) is 5.56 Å². The zero-order valence-electron chi connectivity index (χ0n) is 13.3. The van der Waals surface area contributed by atoms with Crippen LogP contribution in [0.15, 0.2) is 48.5 Å². The number of nitrogens with one attached hydrogen (secondary N) is 1. The molecule has 0 aliphatic rings. The molecule has 0 heterocycles. The highest BCUT2D eigenvalue weighted by molar-refractivity contribution is 5.94. The van der Waals surface area contributed by atoms with Gasteiger partial charge in [-0.25, -0.2) is 0 Å². The Kier molecular flexibility index (Phi) is 5.51. The van der Waals surface area contributed by atoms with Crippen molar-refractivity contribution in [2.45, 2.75) is 25.9 Å². The number of benzene rings is 2. The Morgan fingerprint density at radius 1 is 1.09 bits per heavy atom. The highest BCUT2D eigenvalue weighted by atomic mass is 16.3. The Morgan fingerprint density at radius 3 is 2.17 bits per heavy atom. The molecule has 0 saturated heterocycles. The lowest BCUT2D eigenvalue weighted by Crippen LogP contribution is -2.28. The van der Waals surface area contributed by atoms with Crippen molar-refractivity contribution < 1.29 is 9.90 Å². The average molecular weight is 308 g/mol. The van der Waals surface area contributed by atoms with Crippen molar-refractivity contribution in [3.8, 4) is 6.07 Å². The molecule has 2 rings (SSSR count). The second-order valence-corrected chi connectivity index (χ2v) is 5.74. The van der Waals surface area contributed by atoms with Crippen LogP contribution in [0, 0.1) is 11.3 Å². The molecule has 118 valence electrons. The Bertz CT molecular complexity index is 698. The van der Waals surface area contributed by atoms with Gasteiger partial charge in [0.1, 0.15) is 0 Å². The Hall–Kier alpha value is -2.64. The molecule has 1 unspecified atom stereocenters. The molecule has 23 heavy (non-hydrogen) atoms. The van der Waals surface area contributed by atoms with Crippen molar-refractivity contribution in [2.24, 2.45) is 0 Å². The fraction of sp³-hybridized carbons (Fsp3) is 0.263. The predicted molar refractivity (Wildman–Crippen MR) is 89.0 cm³/mol. The molecule has 4 heteroatoms. The fourth-order valence-corrected chi connectivity index (χ4v) is 2.21. The molecule has 0 spiro atoms. The molecule has 4 nitrogen and oxygen atoms in total. The molecule has 0 bridgehead atoms. The Balaban J connectivity index is 1.93. The van der Waals surface area contributed by atoms with Gasteiger partial charge in [-0.15, -0.1) is 0 Å². The number of hydrogen-bond donors (Lipinski definition) is 2. The maximum absolute atomic E-state index is 12.0. The lowest BCUT2D eigenvalue weighted by Gasteiger charge is -2.14. The number of aliphatic hydroxyl groups excluding tert-OH is 1. The molecule has 0 aliphatic heterocycles. The molecule has 0 aliphatic carbocycles. The fourth-order valence-electron chi connectivity index (χ4n) is 2.21. The van der Waals surface area contributed by atoms with Crippen LogP contribution in [-0.2, 0) is 0 Å². The van der Waals surface area contributed by atoms with Gasteiger partial charge in [0, 0.05) is 12.1 Å². The standard InChI is InChI=1S/C19H20N2O2/c1-13(2)15-7-9-16(10-8-15)18(22)12-21-19(23)17-5-3-14(11-20)4-6-17/h3-10,13,18,22H,12H2,1-2H3,(H,21,23). The average Bonchev–Trinajstić information content (AvgIpc) is 2.59. The van der Waals surface area contributed by atoms with E-state index in [0.29, 0.717) is 17.0 Å². The number of nitrogens with zero attached hydrogens (tertiary/aromatic N) is 1. The highest BCUT2D eigenvalue weighted by Crippen LogP contribution is 2.18. The van der Waals surface area contributed by atoms with Crippen LogP contribution in [0.2, 0.25) is 0 Å². The normalized spacial score (nSPS) is 11.8. The third-order valence-electron chi connectivity index (χ3n) is 3.72. The van der Waals surface area contributed by atoms with Crippen molar-refractivity contribution in [1.29, 1.82) is 5.26 Å². The molecular formula is C19H20N2O2. The van der Waals surface area contributed by atoms with Crippen LogP contribution in [0.4, 0.5) is 0 Å². The van der Waals surface area contributed by atoms with Gasteiger partial charge in [0.2, 0.25) is 0 Å². The summed E-state index contributed by atoms with van der Waals surface area (Å²) in [5, 5.41) is 21.6. The number of nitriles is 1. The first-order valence-corrected chi connectivity index (χ1v) is 7.57. The van der Waals surface area contributed by atoms with Crippen molar-refractivity contribution in [3.05, 3.63) is 70.8 Å². The zero-order valence-corrected chi connectivity index (χ0v) is 13.3. The van der Waals surface area contributed by atoms with Gasteiger partial charge in [0.05, 0.1) is 17.7 Å². The van der Waals surface area contributed by atoms with Crippen LogP contribution in [0.25, 0.3) is 0 Å². The van der Waals surface area contributed by atoms with Crippen LogP contribution >= 0.6 is 0 Å². The summed E-state index contributed by atoms with van der Waals surface area (Å²) in [7, 11) is 0. The first kappa shape index (κ1) is 16.7. The number of amides is 1. The molecule has 2 aromatic rings. The monoisotopic (exact) mass is 308 g/mol. The molecule has 1 atom stereocenters. The third-order valence-corrected chi connectivity index (χ3v) is 3.72. The van der Waals surface area contributed by atoms with E-state index in [1.807, 2.05) is 30.3 Å². The zero-order chi connectivity index (χ0) is 16.8. The second-order valence-electron chi connectivity index (χ2n) is 5.74. The van der Waals surface area contributed by atoms with Gasteiger partial charge in [-0.1, -0.05) is 38.1 Å². The topological polar surface area (TPSA) is 73.1 Å². The van der Waals surface area contributed by atoms with Gasteiger partial charge >= 0.3 is 0 Å².